The Morgan fingerprint density at radius 3 is 2.80 bits per heavy atom. The number of methoxy groups -OCH3 is 1. The molecule has 0 saturated heterocycles. The molecular formula is C23H19N7O5. The molecule has 0 fully saturated rings. The van der Waals surface area contributed by atoms with Gasteiger partial charge < -0.3 is 9.47 Å². The topological polar surface area (TPSA) is 147 Å². The van der Waals surface area contributed by atoms with E-state index in [0.29, 0.717) is 28.3 Å². The number of hydrogen-bond acceptors (Lipinski definition) is 9. The minimum Gasteiger partial charge on any atom is -0.497 e. The van der Waals surface area contributed by atoms with Crippen LogP contribution in [0.2, 0.25) is 0 Å². The van der Waals surface area contributed by atoms with Gasteiger partial charge in [-0.3, -0.25) is 19.9 Å². The Bertz CT molecular complexity index is 1370. The van der Waals surface area contributed by atoms with Gasteiger partial charge in [0.2, 0.25) is 0 Å². The number of ether oxygens (including phenoxy) is 2. The number of rotatable bonds is 9. The SMILES string of the molecule is COc1cccc(-n2cc(COc3ccc([N+](=O)[O-])cc3/C=N/NC(=O)c3ccncc3)nn2)c1. The van der Waals surface area contributed by atoms with Crippen LogP contribution in [0.3, 0.4) is 0 Å². The van der Waals surface area contributed by atoms with Gasteiger partial charge in [-0.05, 0) is 30.3 Å². The molecule has 4 aromatic rings. The average molecular weight is 473 g/mol. The summed E-state index contributed by atoms with van der Waals surface area (Å²) in [4.78, 5) is 26.7. The van der Waals surface area contributed by atoms with Crippen LogP contribution in [0.15, 0.2) is 78.3 Å². The molecule has 12 nitrogen and oxygen atoms in total. The van der Waals surface area contributed by atoms with Crippen LogP contribution in [0.1, 0.15) is 21.6 Å². The molecule has 1 N–H and O–H groups in total. The summed E-state index contributed by atoms with van der Waals surface area (Å²) in [6.45, 7) is 0.0476. The van der Waals surface area contributed by atoms with Crippen LogP contribution in [-0.4, -0.2) is 44.1 Å². The highest BCUT2D eigenvalue weighted by atomic mass is 16.6. The van der Waals surface area contributed by atoms with Crippen molar-refractivity contribution in [3.8, 4) is 17.2 Å². The standard InChI is InChI=1S/C23H19N7O5/c1-34-21-4-2-3-19(12-21)29-14-18(26-28-29)15-35-22-6-5-20(30(32)33)11-17(22)13-25-27-23(31)16-7-9-24-10-8-16/h2-14H,15H2,1H3,(H,27,31)/b25-13+. The molecule has 2 heterocycles. The molecule has 2 aromatic carbocycles. The molecule has 1 amide bonds. The molecule has 2 aromatic heterocycles. The van der Waals surface area contributed by atoms with Gasteiger partial charge in [0.25, 0.3) is 11.6 Å². The molecule has 0 radical (unpaired) electrons. The van der Waals surface area contributed by atoms with Crippen LogP contribution < -0.4 is 14.9 Å². The number of nitrogens with one attached hydrogen (secondary N) is 1. The van der Waals surface area contributed by atoms with E-state index < -0.39 is 10.8 Å². The third kappa shape index (κ3) is 5.82. The smallest absolute Gasteiger partial charge is 0.271 e. The van der Waals surface area contributed by atoms with E-state index in [1.165, 1.54) is 48.9 Å². The van der Waals surface area contributed by atoms with Crippen molar-refractivity contribution in [2.24, 2.45) is 5.10 Å². The highest BCUT2D eigenvalue weighted by Gasteiger charge is 2.12. The Balaban J connectivity index is 1.48. The second kappa shape index (κ2) is 10.7. The van der Waals surface area contributed by atoms with Crippen molar-refractivity contribution in [2.45, 2.75) is 6.61 Å². The Hall–Kier alpha value is -5.13. The number of carbonyl (C=O) groups is 1. The monoisotopic (exact) mass is 473 g/mol. The average Bonchev–Trinajstić information content (AvgIpc) is 3.37. The maximum absolute atomic E-state index is 12.1. The summed E-state index contributed by atoms with van der Waals surface area (Å²) in [6.07, 6.45) is 5.93. The number of nitro groups is 1. The molecule has 0 atom stereocenters. The number of nitro benzene ring substituents is 1. The zero-order valence-electron chi connectivity index (χ0n) is 18.4. The first-order valence-corrected chi connectivity index (χ1v) is 10.2. The molecule has 0 bridgehead atoms. The van der Waals surface area contributed by atoms with E-state index in [4.69, 9.17) is 9.47 Å². The van der Waals surface area contributed by atoms with E-state index in [0.717, 1.165) is 5.69 Å². The van der Waals surface area contributed by atoms with E-state index in [-0.39, 0.29) is 12.3 Å². The first-order valence-electron chi connectivity index (χ1n) is 10.2. The highest BCUT2D eigenvalue weighted by Crippen LogP contribution is 2.24. The minimum atomic E-state index is -0.531. The number of hydrazone groups is 1. The van der Waals surface area contributed by atoms with Gasteiger partial charge in [-0.15, -0.1) is 5.10 Å². The number of pyridine rings is 1. The Labute approximate surface area is 199 Å². The van der Waals surface area contributed by atoms with Gasteiger partial charge in [0.1, 0.15) is 23.8 Å². The normalized spacial score (nSPS) is 10.8. The van der Waals surface area contributed by atoms with Crippen molar-refractivity contribution in [2.75, 3.05) is 7.11 Å². The lowest BCUT2D eigenvalue weighted by atomic mass is 10.2. The summed E-state index contributed by atoms with van der Waals surface area (Å²) < 4.78 is 12.6. The summed E-state index contributed by atoms with van der Waals surface area (Å²) in [6, 6.07) is 14.5. The molecule has 4 rings (SSSR count). The summed E-state index contributed by atoms with van der Waals surface area (Å²) in [7, 11) is 1.58. The second-order valence-electron chi connectivity index (χ2n) is 7.06. The van der Waals surface area contributed by atoms with Gasteiger partial charge >= 0.3 is 0 Å². The van der Waals surface area contributed by atoms with Crippen LogP contribution in [0.25, 0.3) is 5.69 Å². The number of amides is 1. The fourth-order valence-electron chi connectivity index (χ4n) is 3.01. The maximum atomic E-state index is 12.1. The Morgan fingerprint density at radius 1 is 1.20 bits per heavy atom. The van der Waals surface area contributed by atoms with Crippen molar-refractivity contribution < 1.29 is 19.2 Å². The van der Waals surface area contributed by atoms with Crippen LogP contribution >= 0.6 is 0 Å². The lowest BCUT2D eigenvalue weighted by Crippen LogP contribution is -2.17. The molecule has 0 spiro atoms. The second-order valence-corrected chi connectivity index (χ2v) is 7.06. The van der Waals surface area contributed by atoms with Crippen molar-refractivity contribution >= 4 is 17.8 Å². The molecular weight excluding hydrogens is 454 g/mol. The number of hydrogen-bond donors (Lipinski definition) is 1. The van der Waals surface area contributed by atoms with E-state index in [2.05, 4.69) is 25.8 Å². The number of nitrogens with zero attached hydrogens (tertiary/aromatic N) is 6. The zero-order chi connectivity index (χ0) is 24.6. The third-order valence-electron chi connectivity index (χ3n) is 4.75. The van der Waals surface area contributed by atoms with Gasteiger partial charge in [0.05, 0.1) is 30.1 Å². The maximum Gasteiger partial charge on any atom is 0.271 e. The predicted molar refractivity (Wildman–Crippen MR) is 125 cm³/mol. The highest BCUT2D eigenvalue weighted by molar-refractivity contribution is 5.95. The molecule has 0 unspecified atom stereocenters. The number of carbonyl (C=O) groups excluding carboxylic acids is 1. The number of benzene rings is 2. The van der Waals surface area contributed by atoms with Crippen LogP contribution in [0, 0.1) is 10.1 Å². The van der Waals surface area contributed by atoms with Gasteiger partial charge in [0, 0.05) is 41.7 Å². The quantitative estimate of drug-likeness (QED) is 0.222. The number of non-ortho nitro benzene ring substituents is 1. The van der Waals surface area contributed by atoms with Crippen LogP contribution in [0.5, 0.6) is 11.5 Å². The molecule has 12 heteroatoms. The first kappa shape index (κ1) is 23.0. The van der Waals surface area contributed by atoms with E-state index in [1.54, 1.807) is 18.0 Å². The summed E-state index contributed by atoms with van der Waals surface area (Å²) >= 11 is 0. The van der Waals surface area contributed by atoms with Crippen molar-refractivity contribution in [1.29, 1.82) is 0 Å². The molecule has 35 heavy (non-hydrogen) atoms. The van der Waals surface area contributed by atoms with Crippen molar-refractivity contribution in [3.63, 3.8) is 0 Å². The van der Waals surface area contributed by atoms with E-state index in [9.17, 15) is 14.9 Å². The lowest BCUT2D eigenvalue weighted by molar-refractivity contribution is -0.384. The number of aromatic nitrogens is 4. The fraction of sp³-hybridized carbons (Fsp3) is 0.0870. The van der Waals surface area contributed by atoms with Gasteiger partial charge in [0.15, 0.2) is 0 Å². The third-order valence-corrected chi connectivity index (χ3v) is 4.75. The lowest BCUT2D eigenvalue weighted by Gasteiger charge is -2.07. The predicted octanol–water partition coefficient (Wildman–Crippen LogP) is 2.92. The zero-order valence-corrected chi connectivity index (χ0v) is 18.4. The van der Waals surface area contributed by atoms with Gasteiger partial charge in [-0.1, -0.05) is 11.3 Å². The molecule has 0 aliphatic carbocycles. The molecule has 176 valence electrons. The molecule has 0 aliphatic heterocycles. The summed E-state index contributed by atoms with van der Waals surface area (Å²) in [5.74, 6) is 0.542. The molecule has 0 aliphatic rings. The van der Waals surface area contributed by atoms with Gasteiger partial charge in [-0.2, -0.15) is 5.10 Å². The largest absolute Gasteiger partial charge is 0.497 e. The summed E-state index contributed by atoms with van der Waals surface area (Å²) in [5, 5.41) is 23.3. The summed E-state index contributed by atoms with van der Waals surface area (Å²) in [5.41, 5.74) is 4.18. The van der Waals surface area contributed by atoms with Crippen molar-refractivity contribution in [1.82, 2.24) is 25.4 Å². The van der Waals surface area contributed by atoms with Crippen molar-refractivity contribution in [3.05, 3.63) is 100 Å². The van der Waals surface area contributed by atoms with Crippen LogP contribution in [-0.2, 0) is 6.61 Å². The van der Waals surface area contributed by atoms with Gasteiger partial charge in [-0.25, -0.2) is 10.1 Å². The molecule has 0 saturated carbocycles. The Kier molecular flexibility index (Phi) is 7.02. The van der Waals surface area contributed by atoms with E-state index in [1.807, 2.05) is 24.3 Å². The first-order chi connectivity index (χ1) is 17.0. The van der Waals surface area contributed by atoms with E-state index >= 15 is 0 Å². The Morgan fingerprint density at radius 2 is 2.03 bits per heavy atom. The minimum absolute atomic E-state index is 0.0476. The van der Waals surface area contributed by atoms with Crippen LogP contribution in [0.4, 0.5) is 5.69 Å². The fourth-order valence-corrected chi connectivity index (χ4v) is 3.01.